The van der Waals surface area contributed by atoms with E-state index in [1.165, 1.54) is 36.7 Å². The zero-order chi connectivity index (χ0) is 29.1. The summed E-state index contributed by atoms with van der Waals surface area (Å²) in [6.07, 6.45) is 2.48. The zero-order valence-electron chi connectivity index (χ0n) is 21.7. The molecule has 210 valence electrons. The van der Waals surface area contributed by atoms with Gasteiger partial charge >= 0.3 is 18.1 Å². The highest BCUT2D eigenvalue weighted by atomic mass is 35.5. The van der Waals surface area contributed by atoms with Crippen molar-refractivity contribution in [2.45, 2.75) is 20.0 Å². The van der Waals surface area contributed by atoms with Gasteiger partial charge in [-0.15, -0.1) is 0 Å². The molecule has 0 saturated carbocycles. The van der Waals surface area contributed by atoms with E-state index in [2.05, 4.69) is 30.2 Å². The lowest BCUT2D eigenvalue weighted by atomic mass is 10.1. The van der Waals surface area contributed by atoms with Crippen molar-refractivity contribution >= 4 is 61.9 Å². The summed E-state index contributed by atoms with van der Waals surface area (Å²) >= 11 is 7.57. The molecule has 0 saturated heterocycles. The van der Waals surface area contributed by atoms with Crippen LogP contribution in [0.5, 0.6) is 17.6 Å². The molecule has 0 radical (unpaired) electrons. The molecule has 15 heteroatoms. The van der Waals surface area contributed by atoms with E-state index in [-0.39, 0.29) is 24.2 Å². The number of hydrogen-bond acceptors (Lipinski definition) is 12. The fourth-order valence-corrected chi connectivity index (χ4v) is 4.79. The minimum Gasteiger partial charge on any atom is -0.495 e. The van der Waals surface area contributed by atoms with Crippen LogP contribution in [0.25, 0.3) is 31.8 Å². The molecule has 1 amide bonds. The fraction of sp³-hybridized carbons (Fsp3) is 0.192. The molecule has 5 rings (SSSR count). The molecule has 0 aliphatic carbocycles. The number of benzene rings is 1. The number of carbonyl (C=O) groups is 2. The number of rotatable bonds is 8. The SMILES string of the molecule is COc1cnc2c(-c3nc4cc(F)c(OC[C@@H](C)OC(=O)Nc5cnc(OC(C)=O)nc5)nc4s3)cc(Cl)cc2c1. The van der Waals surface area contributed by atoms with Crippen LogP contribution in [-0.4, -0.2) is 56.8 Å². The number of hydrogen-bond donors (Lipinski definition) is 1. The highest BCUT2D eigenvalue weighted by molar-refractivity contribution is 7.21. The van der Waals surface area contributed by atoms with Crippen LogP contribution < -0.4 is 19.5 Å². The van der Waals surface area contributed by atoms with Gasteiger partial charge in [-0.25, -0.2) is 24.1 Å². The normalized spacial score (nSPS) is 11.7. The van der Waals surface area contributed by atoms with Gasteiger partial charge in [-0.05, 0) is 25.1 Å². The second-order valence-corrected chi connectivity index (χ2v) is 9.93. The van der Waals surface area contributed by atoms with Gasteiger partial charge in [0.1, 0.15) is 33.8 Å². The highest BCUT2D eigenvalue weighted by Crippen LogP contribution is 2.37. The maximum atomic E-state index is 14.8. The summed E-state index contributed by atoms with van der Waals surface area (Å²) in [7, 11) is 1.55. The molecule has 12 nitrogen and oxygen atoms in total. The van der Waals surface area contributed by atoms with Crippen LogP contribution in [0.3, 0.4) is 0 Å². The maximum absolute atomic E-state index is 14.8. The van der Waals surface area contributed by atoms with Gasteiger partial charge in [-0.1, -0.05) is 22.9 Å². The van der Waals surface area contributed by atoms with Crippen LogP contribution in [0.2, 0.25) is 5.02 Å². The van der Waals surface area contributed by atoms with Crippen molar-refractivity contribution in [1.82, 2.24) is 24.9 Å². The van der Waals surface area contributed by atoms with E-state index in [1.807, 2.05) is 6.07 Å². The summed E-state index contributed by atoms with van der Waals surface area (Å²) in [5, 5.41) is 4.22. The molecule has 0 fully saturated rings. The van der Waals surface area contributed by atoms with Gasteiger partial charge in [0, 0.05) is 29.0 Å². The lowest BCUT2D eigenvalue weighted by molar-refractivity contribution is -0.132. The maximum Gasteiger partial charge on any atom is 0.412 e. The third-order valence-electron chi connectivity index (χ3n) is 5.37. The van der Waals surface area contributed by atoms with Crippen LogP contribution in [0.1, 0.15) is 13.8 Å². The first-order chi connectivity index (χ1) is 19.7. The van der Waals surface area contributed by atoms with Crippen molar-refractivity contribution in [2.75, 3.05) is 19.0 Å². The van der Waals surface area contributed by atoms with Crippen molar-refractivity contribution in [3.8, 4) is 28.2 Å². The van der Waals surface area contributed by atoms with Crippen molar-refractivity contribution in [3.05, 3.63) is 53.7 Å². The van der Waals surface area contributed by atoms with Crippen molar-refractivity contribution < 1.29 is 32.9 Å². The van der Waals surface area contributed by atoms with Crippen LogP contribution in [0, 0.1) is 5.82 Å². The summed E-state index contributed by atoms with van der Waals surface area (Å²) in [5.74, 6) is -0.986. The van der Waals surface area contributed by atoms with Gasteiger partial charge in [0.25, 0.3) is 5.88 Å². The largest absolute Gasteiger partial charge is 0.495 e. The first kappa shape index (κ1) is 27.9. The number of nitrogens with one attached hydrogen (secondary N) is 1. The molecular weight excluding hydrogens is 579 g/mol. The fourth-order valence-electron chi connectivity index (χ4n) is 3.63. The van der Waals surface area contributed by atoms with E-state index in [0.29, 0.717) is 37.2 Å². The Morgan fingerprint density at radius 1 is 1.10 bits per heavy atom. The van der Waals surface area contributed by atoms with Crippen LogP contribution in [-0.2, 0) is 9.53 Å². The van der Waals surface area contributed by atoms with E-state index in [0.717, 1.165) is 5.39 Å². The number of thiazole rings is 1. The second-order valence-electron chi connectivity index (χ2n) is 8.52. The van der Waals surface area contributed by atoms with Crippen LogP contribution in [0.15, 0.2) is 42.9 Å². The molecule has 0 aliphatic rings. The Morgan fingerprint density at radius 3 is 2.61 bits per heavy atom. The van der Waals surface area contributed by atoms with Gasteiger partial charge in [-0.2, -0.15) is 4.98 Å². The summed E-state index contributed by atoms with van der Waals surface area (Å²) < 4.78 is 35.5. The van der Waals surface area contributed by atoms with Gasteiger partial charge in [-0.3, -0.25) is 15.1 Å². The molecular formula is C26H20ClFN6O6S. The van der Waals surface area contributed by atoms with E-state index in [4.69, 9.17) is 30.5 Å². The number of nitrogens with zero attached hydrogens (tertiary/aromatic N) is 5. The summed E-state index contributed by atoms with van der Waals surface area (Å²) in [5.41, 5.74) is 1.87. The van der Waals surface area contributed by atoms with E-state index in [1.54, 1.807) is 32.4 Å². The van der Waals surface area contributed by atoms with Crippen LogP contribution in [0.4, 0.5) is 14.9 Å². The monoisotopic (exact) mass is 598 g/mol. The van der Waals surface area contributed by atoms with Gasteiger partial charge < -0.3 is 18.9 Å². The molecule has 0 bridgehead atoms. The van der Waals surface area contributed by atoms with E-state index >= 15 is 0 Å². The quantitative estimate of drug-likeness (QED) is 0.228. The predicted octanol–water partition coefficient (Wildman–Crippen LogP) is 5.44. The Labute approximate surface area is 240 Å². The van der Waals surface area contributed by atoms with E-state index < -0.39 is 24.0 Å². The number of pyridine rings is 2. The van der Waals surface area contributed by atoms with Crippen molar-refractivity contribution in [2.24, 2.45) is 0 Å². The summed E-state index contributed by atoms with van der Waals surface area (Å²) in [4.78, 5) is 44.4. The van der Waals surface area contributed by atoms with Gasteiger partial charge in [0.15, 0.2) is 5.82 Å². The summed E-state index contributed by atoms with van der Waals surface area (Å²) in [6, 6.07) is 6.38. The molecule has 4 heterocycles. The average molecular weight is 599 g/mol. The number of esters is 1. The number of methoxy groups -OCH3 is 1. The first-order valence-corrected chi connectivity index (χ1v) is 13.1. The lowest BCUT2D eigenvalue weighted by Gasteiger charge is -2.14. The molecule has 41 heavy (non-hydrogen) atoms. The van der Waals surface area contributed by atoms with Crippen molar-refractivity contribution in [1.29, 1.82) is 0 Å². The Balaban J connectivity index is 1.26. The number of aromatic nitrogens is 5. The molecule has 0 aliphatic heterocycles. The molecule has 4 aromatic heterocycles. The molecule has 1 atom stereocenters. The number of halogens is 2. The minimum atomic E-state index is -0.819. The highest BCUT2D eigenvalue weighted by Gasteiger charge is 2.18. The summed E-state index contributed by atoms with van der Waals surface area (Å²) in [6.45, 7) is 2.59. The first-order valence-electron chi connectivity index (χ1n) is 11.9. The average Bonchev–Trinajstić information content (AvgIpc) is 3.34. The van der Waals surface area contributed by atoms with Gasteiger partial charge in [0.2, 0.25) is 0 Å². The smallest absolute Gasteiger partial charge is 0.412 e. The third kappa shape index (κ3) is 6.56. The molecule has 0 spiro atoms. The number of carbonyl (C=O) groups excluding carboxylic acids is 2. The minimum absolute atomic E-state index is 0.156. The lowest BCUT2D eigenvalue weighted by Crippen LogP contribution is -2.25. The Hall–Kier alpha value is -4.69. The third-order valence-corrected chi connectivity index (χ3v) is 6.58. The van der Waals surface area contributed by atoms with Crippen molar-refractivity contribution in [3.63, 3.8) is 0 Å². The predicted molar refractivity (Wildman–Crippen MR) is 148 cm³/mol. The zero-order valence-corrected chi connectivity index (χ0v) is 23.2. The molecule has 0 unspecified atom stereocenters. The van der Waals surface area contributed by atoms with E-state index in [9.17, 15) is 14.0 Å². The molecule has 1 aromatic carbocycles. The number of amides is 1. The second kappa shape index (κ2) is 11.8. The molecule has 1 N–H and O–H groups in total. The Bertz CT molecular complexity index is 1770. The topological polar surface area (TPSA) is 148 Å². The van der Waals surface area contributed by atoms with Crippen LogP contribution >= 0.6 is 22.9 Å². The number of anilines is 1. The Morgan fingerprint density at radius 2 is 1.88 bits per heavy atom. The standard InChI is InChI=1S/C26H20ClFN6O6S/c1-12(39-26(36)32-16-8-30-25(31-9-16)40-13(2)35)11-38-22-19(28)7-20-24(34-22)41-23(33-20)18-6-15(27)4-14-5-17(37-3)10-29-21(14)18/h4-10,12H,11H2,1-3H3,(H,32,36)/t12-/m1/s1. The number of ether oxygens (including phenoxy) is 4. The molecule has 5 aromatic rings. The Kier molecular flexibility index (Phi) is 8.03. The number of fused-ring (bicyclic) bond motifs is 2. The van der Waals surface area contributed by atoms with Gasteiger partial charge in [0.05, 0.1) is 36.9 Å².